The summed E-state index contributed by atoms with van der Waals surface area (Å²) in [6.45, 7) is 2.48. The molecule has 0 unspecified atom stereocenters. The topological polar surface area (TPSA) is 89.9 Å². The van der Waals surface area contributed by atoms with E-state index < -0.39 is 17.7 Å². The van der Waals surface area contributed by atoms with Crippen LogP contribution < -0.4 is 4.74 Å². The molecule has 0 saturated heterocycles. The first-order chi connectivity index (χ1) is 13.0. The van der Waals surface area contributed by atoms with Gasteiger partial charge in [0.05, 0.1) is 6.42 Å². The molecule has 0 saturated carbocycles. The zero-order valence-corrected chi connectivity index (χ0v) is 16.1. The number of ether oxygens (including phenoxy) is 2. The predicted molar refractivity (Wildman–Crippen MR) is 102 cm³/mol. The molecule has 0 aliphatic carbocycles. The Balaban J connectivity index is 2.12. The second kappa shape index (κ2) is 13.8. The lowest BCUT2D eigenvalue weighted by molar-refractivity contribution is -0.151. The number of rotatable bonds is 15. The van der Waals surface area contributed by atoms with Crippen molar-refractivity contribution in [2.75, 3.05) is 13.2 Å². The third-order valence-corrected chi connectivity index (χ3v) is 4.15. The van der Waals surface area contributed by atoms with Gasteiger partial charge in [-0.15, -0.1) is 0 Å². The van der Waals surface area contributed by atoms with Crippen molar-refractivity contribution in [2.45, 2.75) is 64.7 Å². The molecule has 0 fully saturated rings. The molecule has 6 nitrogen and oxygen atoms in total. The van der Waals surface area contributed by atoms with E-state index in [2.05, 4.69) is 6.92 Å². The lowest BCUT2D eigenvalue weighted by Crippen LogP contribution is -2.16. The number of aliphatic carboxylic acids is 1. The van der Waals surface area contributed by atoms with E-state index in [1.54, 1.807) is 0 Å². The number of carbonyl (C=O) groups is 3. The van der Waals surface area contributed by atoms with Crippen molar-refractivity contribution in [3.05, 3.63) is 29.8 Å². The van der Waals surface area contributed by atoms with Crippen LogP contribution in [0.4, 0.5) is 0 Å². The van der Waals surface area contributed by atoms with Gasteiger partial charge in [0.2, 0.25) is 5.78 Å². The first kappa shape index (κ1) is 22.7. The van der Waals surface area contributed by atoms with Gasteiger partial charge in [0.25, 0.3) is 0 Å². The molecular weight excluding hydrogens is 348 g/mol. The van der Waals surface area contributed by atoms with Crippen LogP contribution in [0.3, 0.4) is 0 Å². The molecule has 0 aromatic heterocycles. The van der Waals surface area contributed by atoms with E-state index in [4.69, 9.17) is 14.6 Å². The van der Waals surface area contributed by atoms with Crippen molar-refractivity contribution in [3.8, 4) is 5.75 Å². The van der Waals surface area contributed by atoms with E-state index in [-0.39, 0.29) is 26.1 Å². The quantitative estimate of drug-likeness (QED) is 0.282. The van der Waals surface area contributed by atoms with Crippen molar-refractivity contribution in [3.63, 3.8) is 0 Å². The Labute approximate surface area is 160 Å². The van der Waals surface area contributed by atoms with Gasteiger partial charge < -0.3 is 14.6 Å². The second-order valence-electron chi connectivity index (χ2n) is 6.46. The Morgan fingerprint density at radius 3 is 2.22 bits per heavy atom. The average Bonchev–Trinajstić information content (AvgIpc) is 2.67. The number of esters is 1. The molecule has 0 heterocycles. The number of Topliss-reactive ketones (excluding diaryl/α,β-unsaturated/α-hetero) is 1. The van der Waals surface area contributed by atoms with E-state index in [0.29, 0.717) is 5.75 Å². The summed E-state index contributed by atoms with van der Waals surface area (Å²) >= 11 is 0. The van der Waals surface area contributed by atoms with Gasteiger partial charge in [0, 0.05) is 6.42 Å². The fraction of sp³-hybridized carbons (Fsp3) is 0.571. The minimum atomic E-state index is -1.54. The summed E-state index contributed by atoms with van der Waals surface area (Å²) in [4.78, 5) is 32.6. The number of aryl methyl sites for hydroxylation is 1. The van der Waals surface area contributed by atoms with Crippen LogP contribution >= 0.6 is 0 Å². The van der Waals surface area contributed by atoms with Crippen LogP contribution in [0, 0.1) is 0 Å². The zero-order valence-electron chi connectivity index (χ0n) is 16.1. The van der Waals surface area contributed by atoms with Crippen LogP contribution in [0.2, 0.25) is 0 Å². The summed E-state index contributed by atoms with van der Waals surface area (Å²) in [6, 6.07) is 7.90. The fourth-order valence-electron chi connectivity index (χ4n) is 2.57. The fourth-order valence-corrected chi connectivity index (χ4v) is 2.57. The lowest BCUT2D eigenvalue weighted by atomic mass is 10.0. The Morgan fingerprint density at radius 2 is 1.56 bits per heavy atom. The van der Waals surface area contributed by atoms with E-state index in [1.165, 1.54) is 44.1 Å². The average molecular weight is 378 g/mol. The van der Waals surface area contributed by atoms with Gasteiger partial charge in [-0.2, -0.15) is 0 Å². The maximum absolute atomic E-state index is 11.4. The van der Waals surface area contributed by atoms with Crippen LogP contribution in [0.5, 0.6) is 5.75 Å². The SMILES string of the molecule is CCCCCCCCc1ccc(OCCOC(=O)CCC(=O)C(=O)O)cc1. The van der Waals surface area contributed by atoms with Gasteiger partial charge in [-0.1, -0.05) is 51.2 Å². The van der Waals surface area contributed by atoms with Crippen LogP contribution in [0.1, 0.15) is 63.9 Å². The van der Waals surface area contributed by atoms with Crippen molar-refractivity contribution >= 4 is 17.7 Å². The monoisotopic (exact) mass is 378 g/mol. The van der Waals surface area contributed by atoms with Crippen molar-refractivity contribution < 1.29 is 29.0 Å². The summed E-state index contributed by atoms with van der Waals surface area (Å²) in [6.07, 6.45) is 8.16. The maximum atomic E-state index is 11.4. The molecule has 1 aromatic rings. The van der Waals surface area contributed by atoms with Crippen LogP contribution in [0.15, 0.2) is 24.3 Å². The summed E-state index contributed by atoms with van der Waals surface area (Å²) < 4.78 is 10.4. The zero-order chi connectivity index (χ0) is 19.9. The number of hydrogen-bond acceptors (Lipinski definition) is 5. The van der Waals surface area contributed by atoms with E-state index >= 15 is 0 Å². The van der Waals surface area contributed by atoms with E-state index in [9.17, 15) is 14.4 Å². The molecule has 0 aliphatic rings. The molecule has 1 N–H and O–H groups in total. The molecule has 6 heteroatoms. The normalized spacial score (nSPS) is 10.4. The van der Waals surface area contributed by atoms with Gasteiger partial charge >= 0.3 is 11.9 Å². The van der Waals surface area contributed by atoms with Gasteiger partial charge in [-0.25, -0.2) is 4.79 Å². The van der Waals surface area contributed by atoms with Gasteiger partial charge in [0.1, 0.15) is 19.0 Å². The summed E-state index contributed by atoms with van der Waals surface area (Å²) in [5.74, 6) is -2.43. The first-order valence-electron chi connectivity index (χ1n) is 9.66. The molecule has 0 bridgehead atoms. The smallest absolute Gasteiger partial charge is 0.372 e. The molecule has 0 aliphatic heterocycles. The Hall–Kier alpha value is -2.37. The van der Waals surface area contributed by atoms with Crippen LogP contribution in [0.25, 0.3) is 0 Å². The highest BCUT2D eigenvalue weighted by atomic mass is 16.6. The summed E-state index contributed by atoms with van der Waals surface area (Å²) in [5, 5.41) is 8.42. The highest BCUT2D eigenvalue weighted by Gasteiger charge is 2.14. The van der Waals surface area contributed by atoms with E-state index in [1.807, 2.05) is 24.3 Å². The predicted octanol–water partition coefficient (Wildman–Crippen LogP) is 3.95. The van der Waals surface area contributed by atoms with Gasteiger partial charge in [-0.05, 0) is 30.5 Å². The number of ketones is 1. The van der Waals surface area contributed by atoms with Crippen molar-refractivity contribution in [1.82, 2.24) is 0 Å². The number of carbonyl (C=O) groups excluding carboxylic acids is 2. The maximum Gasteiger partial charge on any atom is 0.372 e. The molecule has 150 valence electrons. The molecule has 0 spiro atoms. The molecule has 0 atom stereocenters. The van der Waals surface area contributed by atoms with Crippen molar-refractivity contribution in [2.24, 2.45) is 0 Å². The summed E-state index contributed by atoms with van der Waals surface area (Å²) in [5.41, 5.74) is 1.28. The largest absolute Gasteiger partial charge is 0.490 e. The molecule has 0 radical (unpaired) electrons. The molecular formula is C21H30O6. The minimum Gasteiger partial charge on any atom is -0.490 e. The number of unbranched alkanes of at least 4 members (excludes halogenated alkanes) is 5. The minimum absolute atomic E-state index is 0.0552. The Kier molecular flexibility index (Phi) is 11.6. The third-order valence-electron chi connectivity index (χ3n) is 4.15. The Bertz CT molecular complexity index is 579. The molecule has 0 amide bonds. The Morgan fingerprint density at radius 1 is 0.889 bits per heavy atom. The number of benzene rings is 1. The van der Waals surface area contributed by atoms with Crippen LogP contribution in [-0.4, -0.2) is 36.0 Å². The number of hydrogen-bond donors (Lipinski definition) is 1. The number of carboxylic acid groups (broad SMARTS) is 1. The van der Waals surface area contributed by atoms with Gasteiger partial charge in [0.15, 0.2) is 0 Å². The van der Waals surface area contributed by atoms with Crippen molar-refractivity contribution in [1.29, 1.82) is 0 Å². The molecule has 1 aromatic carbocycles. The second-order valence-corrected chi connectivity index (χ2v) is 6.46. The molecule has 1 rings (SSSR count). The highest BCUT2D eigenvalue weighted by molar-refractivity contribution is 6.32. The van der Waals surface area contributed by atoms with E-state index in [0.717, 1.165) is 6.42 Å². The highest BCUT2D eigenvalue weighted by Crippen LogP contribution is 2.15. The lowest BCUT2D eigenvalue weighted by Gasteiger charge is -2.08. The van der Waals surface area contributed by atoms with Gasteiger partial charge in [-0.3, -0.25) is 9.59 Å². The summed E-state index contributed by atoms with van der Waals surface area (Å²) in [7, 11) is 0. The third kappa shape index (κ3) is 11.1. The standard InChI is InChI=1S/C21H30O6/c1-2-3-4-5-6-7-8-17-9-11-18(12-10-17)26-15-16-27-20(23)14-13-19(22)21(24)25/h9-12H,2-8,13-16H2,1H3,(H,24,25). The number of carboxylic acids is 1. The molecule has 27 heavy (non-hydrogen) atoms. The first-order valence-corrected chi connectivity index (χ1v) is 9.66. The van der Waals surface area contributed by atoms with Crippen LogP contribution in [-0.2, 0) is 25.5 Å².